The summed E-state index contributed by atoms with van der Waals surface area (Å²) in [4.78, 5) is 0. The first-order valence-corrected chi connectivity index (χ1v) is 6.49. The Morgan fingerprint density at radius 1 is 1.35 bits per heavy atom. The highest BCUT2D eigenvalue weighted by atomic mass is 35.5. The molecule has 0 saturated carbocycles. The average Bonchev–Trinajstić information content (AvgIpc) is 2.62. The predicted molar refractivity (Wildman–Crippen MR) is 72.4 cm³/mol. The predicted octanol–water partition coefficient (Wildman–Crippen LogP) is 4.36. The zero-order chi connectivity index (χ0) is 12.3. The molecule has 0 aliphatic carbocycles. The van der Waals surface area contributed by atoms with Gasteiger partial charge in [-0.25, -0.2) is 0 Å². The topological polar surface area (TPSA) is 25.2 Å². The zero-order valence-corrected chi connectivity index (χ0v) is 11.1. The molecule has 1 aromatic carbocycles. The van der Waals surface area contributed by atoms with E-state index in [1.165, 1.54) is 12.8 Å². The average molecular weight is 252 g/mol. The van der Waals surface area contributed by atoms with Crippen molar-refractivity contribution in [2.75, 3.05) is 0 Å². The molecule has 0 fully saturated rings. The number of para-hydroxylation sites is 1. The number of nitrogens with one attached hydrogen (secondary N) is 1. The van der Waals surface area contributed by atoms with Gasteiger partial charge in [-0.05, 0) is 31.0 Å². The molecule has 1 unspecified atom stereocenters. The van der Waals surface area contributed by atoms with Gasteiger partial charge in [0.15, 0.2) is 5.22 Å². The quantitative estimate of drug-likeness (QED) is 0.854. The van der Waals surface area contributed by atoms with Gasteiger partial charge in [0, 0.05) is 23.5 Å². The number of halogens is 1. The molecular weight excluding hydrogens is 234 g/mol. The molecule has 0 aliphatic heterocycles. The Bertz CT molecular complexity index is 492. The Hall–Kier alpha value is -0.990. The molecule has 1 atom stereocenters. The number of hydrogen-bond acceptors (Lipinski definition) is 2. The van der Waals surface area contributed by atoms with E-state index >= 15 is 0 Å². The van der Waals surface area contributed by atoms with E-state index in [2.05, 4.69) is 19.2 Å². The SMILES string of the molecule is CCCC(C)NCc1c(Cl)oc2ccccc12. The van der Waals surface area contributed by atoms with Gasteiger partial charge in [-0.3, -0.25) is 0 Å². The van der Waals surface area contributed by atoms with Crippen LogP contribution in [0.2, 0.25) is 5.22 Å². The Morgan fingerprint density at radius 3 is 2.88 bits per heavy atom. The molecule has 1 heterocycles. The number of hydrogen-bond donors (Lipinski definition) is 1. The van der Waals surface area contributed by atoms with Crippen molar-refractivity contribution < 1.29 is 4.42 Å². The van der Waals surface area contributed by atoms with Gasteiger partial charge in [0.2, 0.25) is 0 Å². The van der Waals surface area contributed by atoms with E-state index in [0.717, 1.165) is 23.1 Å². The molecule has 0 saturated heterocycles. The van der Waals surface area contributed by atoms with E-state index in [9.17, 15) is 0 Å². The maximum Gasteiger partial charge on any atom is 0.199 e. The normalized spacial score (nSPS) is 13.1. The highest BCUT2D eigenvalue weighted by Crippen LogP contribution is 2.29. The lowest BCUT2D eigenvalue weighted by molar-refractivity contribution is 0.506. The molecule has 2 rings (SSSR count). The molecule has 0 aliphatic rings. The van der Waals surface area contributed by atoms with E-state index in [0.29, 0.717) is 11.3 Å². The van der Waals surface area contributed by atoms with Crippen molar-refractivity contribution in [2.24, 2.45) is 0 Å². The molecule has 17 heavy (non-hydrogen) atoms. The third-order valence-corrected chi connectivity index (χ3v) is 3.30. The summed E-state index contributed by atoms with van der Waals surface area (Å²) in [5.74, 6) is 0. The van der Waals surface area contributed by atoms with Crippen molar-refractivity contribution >= 4 is 22.6 Å². The van der Waals surface area contributed by atoms with E-state index in [1.54, 1.807) is 0 Å². The highest BCUT2D eigenvalue weighted by molar-refractivity contribution is 6.30. The summed E-state index contributed by atoms with van der Waals surface area (Å²) in [5.41, 5.74) is 1.92. The Balaban J connectivity index is 2.15. The van der Waals surface area contributed by atoms with E-state index in [4.69, 9.17) is 16.0 Å². The first-order chi connectivity index (χ1) is 8.22. The molecule has 92 valence electrons. The van der Waals surface area contributed by atoms with Crippen LogP contribution in [0.15, 0.2) is 28.7 Å². The van der Waals surface area contributed by atoms with Crippen LogP contribution in [0.25, 0.3) is 11.0 Å². The van der Waals surface area contributed by atoms with Crippen molar-refractivity contribution in [2.45, 2.75) is 39.3 Å². The molecule has 2 aromatic rings. The van der Waals surface area contributed by atoms with E-state index in [-0.39, 0.29) is 0 Å². The molecular formula is C14H18ClNO. The minimum Gasteiger partial charge on any atom is -0.444 e. The lowest BCUT2D eigenvalue weighted by Gasteiger charge is -2.11. The monoisotopic (exact) mass is 251 g/mol. The lowest BCUT2D eigenvalue weighted by atomic mass is 10.1. The van der Waals surface area contributed by atoms with Gasteiger partial charge >= 0.3 is 0 Å². The summed E-state index contributed by atoms with van der Waals surface area (Å²) in [5, 5.41) is 5.08. The molecule has 1 N–H and O–H groups in total. The van der Waals surface area contributed by atoms with Gasteiger partial charge in [0.1, 0.15) is 5.58 Å². The van der Waals surface area contributed by atoms with Gasteiger partial charge in [-0.2, -0.15) is 0 Å². The summed E-state index contributed by atoms with van der Waals surface area (Å²) in [7, 11) is 0. The third kappa shape index (κ3) is 2.82. The second kappa shape index (κ2) is 5.56. The van der Waals surface area contributed by atoms with Crippen LogP contribution in [0.3, 0.4) is 0 Å². The first kappa shape index (κ1) is 12.5. The number of furan rings is 1. The minimum absolute atomic E-state index is 0.502. The van der Waals surface area contributed by atoms with Crippen molar-refractivity contribution in [3.05, 3.63) is 35.0 Å². The summed E-state index contributed by atoms with van der Waals surface area (Å²) < 4.78 is 5.52. The van der Waals surface area contributed by atoms with E-state index < -0.39 is 0 Å². The van der Waals surface area contributed by atoms with Gasteiger partial charge < -0.3 is 9.73 Å². The van der Waals surface area contributed by atoms with Crippen LogP contribution < -0.4 is 5.32 Å². The van der Waals surface area contributed by atoms with Crippen molar-refractivity contribution in [3.8, 4) is 0 Å². The molecule has 3 heteroatoms. The molecule has 2 nitrogen and oxygen atoms in total. The maximum atomic E-state index is 6.12. The van der Waals surface area contributed by atoms with Gasteiger partial charge in [-0.15, -0.1) is 0 Å². The number of benzene rings is 1. The molecule has 0 bridgehead atoms. The maximum absolute atomic E-state index is 6.12. The molecule has 0 radical (unpaired) electrons. The smallest absolute Gasteiger partial charge is 0.199 e. The summed E-state index contributed by atoms with van der Waals surface area (Å²) in [6.45, 7) is 5.15. The number of rotatable bonds is 5. The second-order valence-electron chi connectivity index (χ2n) is 4.42. The van der Waals surface area contributed by atoms with Crippen LogP contribution in [0.4, 0.5) is 0 Å². The van der Waals surface area contributed by atoms with Crippen LogP contribution in [0, 0.1) is 0 Å². The summed E-state index contributed by atoms with van der Waals surface area (Å²) in [6.07, 6.45) is 2.36. The van der Waals surface area contributed by atoms with Crippen LogP contribution in [-0.4, -0.2) is 6.04 Å². The summed E-state index contributed by atoms with van der Waals surface area (Å²) >= 11 is 6.12. The van der Waals surface area contributed by atoms with Gasteiger partial charge in [-0.1, -0.05) is 31.5 Å². The zero-order valence-electron chi connectivity index (χ0n) is 10.3. The standard InChI is InChI=1S/C14H18ClNO/c1-3-6-10(2)16-9-12-11-7-4-5-8-13(11)17-14(12)15/h4-5,7-8,10,16H,3,6,9H2,1-2H3. The highest BCUT2D eigenvalue weighted by Gasteiger charge is 2.12. The fraction of sp³-hybridized carbons (Fsp3) is 0.429. The third-order valence-electron chi connectivity index (χ3n) is 3.00. The second-order valence-corrected chi connectivity index (χ2v) is 4.76. The van der Waals surface area contributed by atoms with Crippen LogP contribution in [0.5, 0.6) is 0 Å². The molecule has 0 amide bonds. The fourth-order valence-electron chi connectivity index (χ4n) is 2.05. The Labute approximate surface area is 107 Å². The van der Waals surface area contributed by atoms with Crippen LogP contribution >= 0.6 is 11.6 Å². The van der Waals surface area contributed by atoms with Gasteiger partial charge in [0.25, 0.3) is 0 Å². The van der Waals surface area contributed by atoms with Crippen LogP contribution in [-0.2, 0) is 6.54 Å². The van der Waals surface area contributed by atoms with Crippen molar-refractivity contribution in [3.63, 3.8) is 0 Å². The first-order valence-electron chi connectivity index (χ1n) is 6.11. The Morgan fingerprint density at radius 2 is 2.12 bits per heavy atom. The van der Waals surface area contributed by atoms with Crippen molar-refractivity contribution in [1.29, 1.82) is 0 Å². The van der Waals surface area contributed by atoms with Crippen molar-refractivity contribution in [1.82, 2.24) is 5.32 Å². The summed E-state index contributed by atoms with van der Waals surface area (Å²) in [6, 6.07) is 8.46. The minimum atomic E-state index is 0.502. The van der Waals surface area contributed by atoms with Gasteiger partial charge in [0.05, 0.1) is 0 Å². The largest absolute Gasteiger partial charge is 0.444 e. The van der Waals surface area contributed by atoms with E-state index in [1.807, 2.05) is 24.3 Å². The Kier molecular flexibility index (Phi) is 4.08. The molecule has 1 aromatic heterocycles. The lowest BCUT2D eigenvalue weighted by Crippen LogP contribution is -2.25. The molecule has 0 spiro atoms. The number of fused-ring (bicyclic) bond motifs is 1. The fourth-order valence-corrected chi connectivity index (χ4v) is 2.30. The van der Waals surface area contributed by atoms with Crippen LogP contribution in [0.1, 0.15) is 32.3 Å².